The topological polar surface area (TPSA) is 60.9 Å². The van der Waals surface area contributed by atoms with Gasteiger partial charge >= 0.3 is 0 Å². The van der Waals surface area contributed by atoms with Crippen molar-refractivity contribution in [2.45, 2.75) is 13.5 Å². The van der Waals surface area contributed by atoms with Crippen LogP contribution in [0.15, 0.2) is 35.5 Å². The summed E-state index contributed by atoms with van der Waals surface area (Å²) in [5, 5.41) is 0.540. The lowest BCUT2D eigenvalue weighted by atomic mass is 10.2. The van der Waals surface area contributed by atoms with Gasteiger partial charge in [0.05, 0.1) is 17.3 Å². The number of halogens is 1. The molecule has 0 saturated heterocycles. The summed E-state index contributed by atoms with van der Waals surface area (Å²) in [7, 11) is 0. The number of hydrogen-bond acceptors (Lipinski definition) is 3. The van der Waals surface area contributed by atoms with Crippen LogP contribution >= 0.6 is 11.6 Å². The maximum Gasteiger partial charge on any atom is 0.251 e. The van der Waals surface area contributed by atoms with Crippen LogP contribution in [0.1, 0.15) is 11.1 Å². The summed E-state index contributed by atoms with van der Waals surface area (Å²) in [6, 6.07) is 3.30. The quantitative estimate of drug-likeness (QED) is 0.883. The van der Waals surface area contributed by atoms with Crippen molar-refractivity contribution in [1.82, 2.24) is 9.55 Å². The van der Waals surface area contributed by atoms with E-state index in [-0.39, 0.29) is 5.56 Å². The molecule has 0 atom stereocenters. The second kappa shape index (κ2) is 4.59. The third-order valence-electron chi connectivity index (χ3n) is 2.57. The van der Waals surface area contributed by atoms with E-state index in [4.69, 9.17) is 17.3 Å². The Labute approximate surface area is 104 Å². The van der Waals surface area contributed by atoms with E-state index in [0.717, 1.165) is 11.1 Å². The van der Waals surface area contributed by atoms with Gasteiger partial charge in [-0.05, 0) is 24.1 Å². The van der Waals surface area contributed by atoms with E-state index in [9.17, 15) is 4.79 Å². The number of nitrogens with zero attached hydrogens (tertiary/aromatic N) is 2. The maximum absolute atomic E-state index is 11.8. The minimum absolute atomic E-state index is 0.0930. The second-order valence-corrected chi connectivity index (χ2v) is 4.25. The van der Waals surface area contributed by atoms with Gasteiger partial charge in [0.2, 0.25) is 0 Å². The number of nitrogens with two attached hydrogens (primary N) is 1. The molecule has 0 saturated carbocycles. The number of rotatable bonds is 2. The number of anilines is 1. The van der Waals surface area contributed by atoms with Crippen LogP contribution in [0.5, 0.6) is 0 Å². The van der Waals surface area contributed by atoms with Gasteiger partial charge in [0, 0.05) is 24.7 Å². The number of aromatic nitrogens is 2. The van der Waals surface area contributed by atoms with Gasteiger partial charge in [0.1, 0.15) is 0 Å². The van der Waals surface area contributed by atoms with Crippen molar-refractivity contribution in [2.24, 2.45) is 0 Å². The molecule has 0 aliphatic heterocycles. The molecule has 0 spiro atoms. The molecule has 4 nitrogen and oxygen atoms in total. The zero-order valence-corrected chi connectivity index (χ0v) is 10.1. The van der Waals surface area contributed by atoms with Crippen molar-refractivity contribution < 1.29 is 0 Å². The summed E-state index contributed by atoms with van der Waals surface area (Å²) < 4.78 is 1.53. The Morgan fingerprint density at radius 1 is 1.53 bits per heavy atom. The fourth-order valence-electron chi connectivity index (χ4n) is 1.52. The first-order valence-corrected chi connectivity index (χ1v) is 5.50. The Morgan fingerprint density at radius 2 is 2.29 bits per heavy atom. The molecule has 0 amide bonds. The fraction of sp³-hybridized carbons (Fsp3) is 0.167. The number of hydrogen-bond donors (Lipinski definition) is 1. The standard InChI is InChI=1S/C12H12ClN3O/c1-8-4-12(17)16(7-11(8)14)6-9-2-3-15-5-10(9)13/h2-5,7H,6,14H2,1H3. The highest BCUT2D eigenvalue weighted by atomic mass is 35.5. The molecule has 88 valence electrons. The zero-order chi connectivity index (χ0) is 12.4. The first-order chi connectivity index (χ1) is 8.08. The molecule has 17 heavy (non-hydrogen) atoms. The second-order valence-electron chi connectivity index (χ2n) is 3.85. The molecule has 0 aliphatic carbocycles. The van der Waals surface area contributed by atoms with Crippen molar-refractivity contribution in [3.8, 4) is 0 Å². The first-order valence-electron chi connectivity index (χ1n) is 5.13. The lowest BCUT2D eigenvalue weighted by Crippen LogP contribution is -2.20. The van der Waals surface area contributed by atoms with Crippen molar-refractivity contribution in [3.05, 3.63) is 57.2 Å². The molecule has 0 unspecified atom stereocenters. The van der Waals surface area contributed by atoms with Gasteiger partial charge in [-0.15, -0.1) is 0 Å². The molecular formula is C12H12ClN3O. The molecule has 0 fully saturated rings. The highest BCUT2D eigenvalue weighted by Crippen LogP contribution is 2.15. The van der Waals surface area contributed by atoms with Crippen molar-refractivity contribution in [1.29, 1.82) is 0 Å². The largest absolute Gasteiger partial charge is 0.397 e. The summed E-state index contributed by atoms with van der Waals surface area (Å²) in [6.45, 7) is 2.20. The third kappa shape index (κ3) is 2.47. The van der Waals surface area contributed by atoms with Crippen LogP contribution in [0, 0.1) is 6.92 Å². The van der Waals surface area contributed by atoms with Crippen LogP contribution < -0.4 is 11.3 Å². The predicted molar refractivity (Wildman–Crippen MR) is 68.2 cm³/mol. The van der Waals surface area contributed by atoms with Gasteiger partial charge in [0.25, 0.3) is 5.56 Å². The summed E-state index contributed by atoms with van der Waals surface area (Å²) in [5.74, 6) is 0. The lowest BCUT2D eigenvalue weighted by Gasteiger charge is -2.09. The number of nitrogen functional groups attached to an aromatic ring is 1. The van der Waals surface area contributed by atoms with Crippen molar-refractivity contribution >= 4 is 17.3 Å². The summed E-state index contributed by atoms with van der Waals surface area (Å²) in [6.07, 6.45) is 4.83. The molecule has 2 rings (SSSR count). The zero-order valence-electron chi connectivity index (χ0n) is 9.35. The van der Waals surface area contributed by atoms with E-state index in [1.807, 2.05) is 0 Å². The smallest absolute Gasteiger partial charge is 0.251 e. The summed E-state index contributed by atoms with van der Waals surface area (Å²) in [4.78, 5) is 15.7. The van der Waals surface area contributed by atoms with E-state index in [2.05, 4.69) is 4.98 Å². The molecule has 2 N–H and O–H groups in total. The van der Waals surface area contributed by atoms with Crippen molar-refractivity contribution in [3.63, 3.8) is 0 Å². The van der Waals surface area contributed by atoms with Crippen LogP contribution in [0.4, 0.5) is 5.69 Å². The van der Waals surface area contributed by atoms with Gasteiger partial charge in [-0.25, -0.2) is 0 Å². The van der Waals surface area contributed by atoms with E-state index in [1.54, 1.807) is 31.6 Å². The Morgan fingerprint density at radius 3 is 3.00 bits per heavy atom. The van der Waals surface area contributed by atoms with E-state index in [1.165, 1.54) is 10.6 Å². The van der Waals surface area contributed by atoms with Crippen LogP contribution in [0.3, 0.4) is 0 Å². The molecule has 0 bridgehead atoms. The SMILES string of the molecule is Cc1cc(=O)n(Cc2ccncc2Cl)cc1N. The molecule has 2 aromatic heterocycles. The van der Waals surface area contributed by atoms with Gasteiger partial charge in [0.15, 0.2) is 0 Å². The Hall–Kier alpha value is -1.81. The monoisotopic (exact) mass is 249 g/mol. The third-order valence-corrected chi connectivity index (χ3v) is 2.91. The Balaban J connectivity index is 2.41. The summed E-state index contributed by atoms with van der Waals surface area (Å²) in [5.41, 5.74) is 7.90. The summed E-state index contributed by atoms with van der Waals surface area (Å²) >= 11 is 5.99. The first kappa shape index (κ1) is 11.7. The minimum Gasteiger partial charge on any atom is -0.397 e. The lowest BCUT2D eigenvalue weighted by molar-refractivity contribution is 0.758. The van der Waals surface area contributed by atoms with Gasteiger partial charge in [-0.1, -0.05) is 11.6 Å². The molecule has 2 heterocycles. The Bertz CT molecular complexity index is 607. The maximum atomic E-state index is 11.8. The molecule has 5 heteroatoms. The average molecular weight is 250 g/mol. The van der Waals surface area contributed by atoms with Crippen LogP contribution in [-0.4, -0.2) is 9.55 Å². The molecular weight excluding hydrogens is 238 g/mol. The van der Waals surface area contributed by atoms with Crippen LogP contribution in [-0.2, 0) is 6.54 Å². The van der Waals surface area contributed by atoms with E-state index >= 15 is 0 Å². The molecule has 0 aromatic carbocycles. The predicted octanol–water partition coefficient (Wildman–Crippen LogP) is 1.84. The van der Waals surface area contributed by atoms with Gasteiger partial charge in [-0.3, -0.25) is 9.78 Å². The molecule has 0 radical (unpaired) electrons. The van der Waals surface area contributed by atoms with Gasteiger partial charge < -0.3 is 10.3 Å². The van der Waals surface area contributed by atoms with Crippen molar-refractivity contribution in [2.75, 3.05) is 5.73 Å². The van der Waals surface area contributed by atoms with E-state index < -0.39 is 0 Å². The minimum atomic E-state index is -0.0930. The normalized spacial score (nSPS) is 10.5. The average Bonchev–Trinajstić information content (AvgIpc) is 2.29. The van der Waals surface area contributed by atoms with Crippen LogP contribution in [0.25, 0.3) is 0 Å². The Kier molecular flexibility index (Phi) is 3.15. The fourth-order valence-corrected chi connectivity index (χ4v) is 1.70. The van der Waals surface area contributed by atoms with Gasteiger partial charge in [-0.2, -0.15) is 0 Å². The molecule has 0 aliphatic rings. The highest BCUT2D eigenvalue weighted by molar-refractivity contribution is 6.31. The highest BCUT2D eigenvalue weighted by Gasteiger charge is 2.04. The number of pyridine rings is 2. The van der Waals surface area contributed by atoms with E-state index in [0.29, 0.717) is 17.3 Å². The number of aryl methyl sites for hydroxylation is 1. The van der Waals surface area contributed by atoms with Crippen LogP contribution in [0.2, 0.25) is 5.02 Å². The molecule has 2 aromatic rings.